The summed E-state index contributed by atoms with van der Waals surface area (Å²) in [5, 5.41) is 9.74. The zero-order valence-corrected chi connectivity index (χ0v) is 10.1. The number of halogens is 1. The maximum Gasteiger partial charge on any atom is 0.131 e. The number of aromatic hydroxyl groups is 1. The molecule has 0 aromatic heterocycles. The van der Waals surface area contributed by atoms with Crippen LogP contribution >= 0.6 is 12.4 Å². The largest absolute Gasteiger partial charge is 0.507 e. The van der Waals surface area contributed by atoms with Gasteiger partial charge in [-0.1, -0.05) is 0 Å². The lowest BCUT2D eigenvalue weighted by atomic mass is 10.0. The van der Waals surface area contributed by atoms with Gasteiger partial charge in [0.05, 0.1) is 19.8 Å². The highest BCUT2D eigenvalue weighted by Gasteiger charge is 2.17. The van der Waals surface area contributed by atoms with Gasteiger partial charge >= 0.3 is 0 Å². The van der Waals surface area contributed by atoms with Crippen LogP contribution in [0.4, 0.5) is 0 Å². The third-order valence-electron chi connectivity index (χ3n) is 2.17. The summed E-state index contributed by atoms with van der Waals surface area (Å²) >= 11 is 0. The van der Waals surface area contributed by atoms with Crippen LogP contribution in [0.3, 0.4) is 0 Å². The van der Waals surface area contributed by atoms with Crippen LogP contribution in [0.2, 0.25) is 0 Å². The fraction of sp³-hybridized carbons (Fsp3) is 0.400. The number of nitrogens with two attached hydrogens (primary N) is 2. The highest BCUT2D eigenvalue weighted by Crippen LogP contribution is 2.36. The van der Waals surface area contributed by atoms with Crippen LogP contribution in [-0.4, -0.2) is 25.9 Å². The SMILES string of the molecule is COc1cc(O)c([C@@H](N)CN)c(OC)c1.Cl. The Morgan fingerprint density at radius 1 is 1.31 bits per heavy atom. The molecule has 0 bridgehead atoms. The van der Waals surface area contributed by atoms with Gasteiger partial charge in [-0.25, -0.2) is 0 Å². The van der Waals surface area contributed by atoms with Gasteiger partial charge in [0.1, 0.15) is 17.2 Å². The molecule has 0 heterocycles. The number of rotatable bonds is 4. The number of ether oxygens (including phenoxy) is 2. The number of hydrogen-bond acceptors (Lipinski definition) is 5. The van der Waals surface area contributed by atoms with E-state index in [0.717, 1.165) is 0 Å². The molecule has 1 atom stereocenters. The minimum atomic E-state index is -0.453. The third kappa shape index (κ3) is 2.91. The van der Waals surface area contributed by atoms with Crippen LogP contribution in [0.15, 0.2) is 12.1 Å². The van der Waals surface area contributed by atoms with Gasteiger partial charge in [-0.05, 0) is 0 Å². The van der Waals surface area contributed by atoms with Crippen molar-refractivity contribution >= 4 is 12.4 Å². The monoisotopic (exact) mass is 248 g/mol. The fourth-order valence-corrected chi connectivity index (χ4v) is 1.36. The van der Waals surface area contributed by atoms with Crippen molar-refractivity contribution < 1.29 is 14.6 Å². The molecule has 1 aromatic carbocycles. The zero-order valence-electron chi connectivity index (χ0n) is 9.27. The number of hydrogen-bond donors (Lipinski definition) is 3. The van der Waals surface area contributed by atoms with Crippen molar-refractivity contribution in [2.45, 2.75) is 6.04 Å². The third-order valence-corrected chi connectivity index (χ3v) is 2.17. The average Bonchev–Trinajstić information content (AvgIpc) is 2.26. The molecule has 0 aliphatic heterocycles. The smallest absolute Gasteiger partial charge is 0.131 e. The maximum absolute atomic E-state index is 9.74. The van der Waals surface area contributed by atoms with E-state index in [0.29, 0.717) is 17.1 Å². The van der Waals surface area contributed by atoms with Crippen molar-refractivity contribution in [2.75, 3.05) is 20.8 Å². The first-order valence-electron chi connectivity index (χ1n) is 4.54. The molecule has 0 aliphatic rings. The minimum Gasteiger partial charge on any atom is -0.507 e. The second-order valence-corrected chi connectivity index (χ2v) is 3.10. The van der Waals surface area contributed by atoms with Gasteiger partial charge < -0.3 is 26.0 Å². The van der Waals surface area contributed by atoms with Crippen LogP contribution in [0.25, 0.3) is 0 Å². The van der Waals surface area contributed by atoms with Crippen LogP contribution < -0.4 is 20.9 Å². The summed E-state index contributed by atoms with van der Waals surface area (Å²) in [7, 11) is 3.01. The lowest BCUT2D eigenvalue weighted by molar-refractivity contribution is 0.375. The van der Waals surface area contributed by atoms with Gasteiger partial charge in [-0.15, -0.1) is 12.4 Å². The van der Waals surface area contributed by atoms with Crippen molar-refractivity contribution in [3.8, 4) is 17.2 Å². The number of benzene rings is 1. The van der Waals surface area contributed by atoms with E-state index in [-0.39, 0.29) is 24.7 Å². The normalized spacial score (nSPS) is 11.5. The predicted octanol–water partition coefficient (Wildman–Crippen LogP) is 0.790. The molecular weight excluding hydrogens is 232 g/mol. The molecule has 6 heteroatoms. The Morgan fingerprint density at radius 3 is 2.38 bits per heavy atom. The van der Waals surface area contributed by atoms with Crippen LogP contribution in [0.1, 0.15) is 11.6 Å². The Bertz CT molecular complexity index is 347. The standard InChI is InChI=1S/C10H16N2O3.ClH/c1-14-6-3-8(13)10(7(12)5-11)9(4-6)15-2;/h3-4,7,13H,5,11-12H2,1-2H3;1H/t7-;/m0./s1. The number of methoxy groups -OCH3 is 2. The minimum absolute atomic E-state index is 0. The zero-order chi connectivity index (χ0) is 11.4. The van der Waals surface area contributed by atoms with E-state index in [2.05, 4.69) is 0 Å². The Balaban J connectivity index is 0.00000225. The molecule has 0 radical (unpaired) electrons. The maximum atomic E-state index is 9.74. The van der Waals surface area contributed by atoms with E-state index < -0.39 is 6.04 Å². The van der Waals surface area contributed by atoms with Gasteiger partial charge in [0.15, 0.2) is 0 Å². The quantitative estimate of drug-likeness (QED) is 0.733. The van der Waals surface area contributed by atoms with E-state index in [1.165, 1.54) is 20.3 Å². The van der Waals surface area contributed by atoms with Crippen molar-refractivity contribution in [3.05, 3.63) is 17.7 Å². The molecule has 0 aliphatic carbocycles. The van der Waals surface area contributed by atoms with Crippen LogP contribution in [-0.2, 0) is 0 Å². The summed E-state index contributed by atoms with van der Waals surface area (Å²) in [6.45, 7) is 0.232. The summed E-state index contributed by atoms with van der Waals surface area (Å²) in [6.07, 6.45) is 0. The molecule has 1 rings (SSSR count). The lowest BCUT2D eigenvalue weighted by Gasteiger charge is -2.16. The van der Waals surface area contributed by atoms with E-state index in [4.69, 9.17) is 20.9 Å². The molecule has 5 nitrogen and oxygen atoms in total. The second kappa shape index (κ2) is 6.42. The Labute approximate surface area is 101 Å². The molecule has 0 amide bonds. The Kier molecular flexibility index (Phi) is 5.95. The van der Waals surface area contributed by atoms with E-state index in [1.54, 1.807) is 6.07 Å². The highest BCUT2D eigenvalue weighted by molar-refractivity contribution is 5.85. The Hall–Kier alpha value is -1.17. The van der Waals surface area contributed by atoms with Crippen molar-refractivity contribution in [3.63, 3.8) is 0 Å². The summed E-state index contributed by atoms with van der Waals surface area (Å²) in [6, 6.07) is 2.68. The van der Waals surface area contributed by atoms with Gasteiger partial charge in [0.2, 0.25) is 0 Å². The summed E-state index contributed by atoms with van der Waals surface area (Å²) in [5.74, 6) is 1.02. The molecular formula is C10H17ClN2O3. The van der Waals surface area contributed by atoms with E-state index >= 15 is 0 Å². The van der Waals surface area contributed by atoms with Gasteiger partial charge in [-0.2, -0.15) is 0 Å². The highest BCUT2D eigenvalue weighted by atomic mass is 35.5. The first-order valence-corrected chi connectivity index (χ1v) is 4.54. The first-order chi connectivity index (χ1) is 7.13. The van der Waals surface area contributed by atoms with Gasteiger partial charge in [0.25, 0.3) is 0 Å². The first kappa shape index (κ1) is 14.8. The number of phenols is 1. The average molecular weight is 249 g/mol. The summed E-state index contributed by atoms with van der Waals surface area (Å²) in [5.41, 5.74) is 11.7. The molecule has 0 unspecified atom stereocenters. The second-order valence-electron chi connectivity index (χ2n) is 3.10. The van der Waals surface area contributed by atoms with Crippen LogP contribution in [0, 0.1) is 0 Å². The Morgan fingerprint density at radius 2 is 1.94 bits per heavy atom. The molecule has 92 valence electrons. The topological polar surface area (TPSA) is 90.7 Å². The van der Waals surface area contributed by atoms with Crippen LogP contribution in [0.5, 0.6) is 17.2 Å². The van der Waals surface area contributed by atoms with Gasteiger partial charge in [0, 0.05) is 24.7 Å². The lowest BCUT2D eigenvalue weighted by Crippen LogP contribution is -2.21. The van der Waals surface area contributed by atoms with Crippen molar-refractivity contribution in [1.29, 1.82) is 0 Å². The molecule has 0 spiro atoms. The molecule has 5 N–H and O–H groups in total. The van der Waals surface area contributed by atoms with Crippen molar-refractivity contribution in [1.82, 2.24) is 0 Å². The van der Waals surface area contributed by atoms with Crippen molar-refractivity contribution in [2.24, 2.45) is 11.5 Å². The molecule has 0 saturated carbocycles. The van der Waals surface area contributed by atoms with E-state index in [9.17, 15) is 5.11 Å². The molecule has 16 heavy (non-hydrogen) atoms. The van der Waals surface area contributed by atoms with E-state index in [1.807, 2.05) is 0 Å². The fourth-order valence-electron chi connectivity index (χ4n) is 1.36. The molecule has 0 fully saturated rings. The predicted molar refractivity (Wildman–Crippen MR) is 64.4 cm³/mol. The molecule has 1 aromatic rings. The summed E-state index contributed by atoms with van der Waals surface area (Å²) < 4.78 is 10.1. The van der Waals surface area contributed by atoms with Gasteiger partial charge in [-0.3, -0.25) is 0 Å². The molecule has 0 saturated heterocycles. The number of phenolic OH excluding ortho intramolecular Hbond substituents is 1. The summed E-state index contributed by atoms with van der Waals surface area (Å²) in [4.78, 5) is 0.